The Balaban J connectivity index is 2.21. The van der Waals surface area contributed by atoms with Crippen LogP contribution in [0.25, 0.3) is 0 Å². The highest BCUT2D eigenvalue weighted by atomic mass is 35.5. The summed E-state index contributed by atoms with van der Waals surface area (Å²) in [4.78, 5) is 11.0. The predicted octanol–water partition coefficient (Wildman–Crippen LogP) is 3.10. The summed E-state index contributed by atoms with van der Waals surface area (Å²) in [6.07, 6.45) is 1.18. The molecule has 1 rings (SSSR count). The van der Waals surface area contributed by atoms with Gasteiger partial charge in [0.05, 0.1) is 17.3 Å². The molecule has 0 unspecified atom stereocenters. The number of benzene rings is 1. The van der Waals surface area contributed by atoms with E-state index in [-0.39, 0.29) is 5.97 Å². The molecule has 0 aliphatic rings. The van der Waals surface area contributed by atoms with Crippen LogP contribution in [0.4, 0.5) is 5.69 Å². The maximum absolute atomic E-state index is 11.0. The molecule has 0 bridgehead atoms. The Morgan fingerprint density at radius 3 is 2.88 bits per heavy atom. The minimum Gasteiger partial charge on any atom is -0.466 e. The molecule has 16 heavy (non-hydrogen) atoms. The molecule has 0 amide bonds. The van der Waals surface area contributed by atoms with Crippen molar-refractivity contribution in [3.8, 4) is 0 Å². The van der Waals surface area contributed by atoms with Crippen molar-refractivity contribution in [1.82, 2.24) is 0 Å². The molecular formula is C12H16ClNO2. The quantitative estimate of drug-likeness (QED) is 0.614. The normalized spacial score (nSPS) is 9.88. The third-order valence-corrected chi connectivity index (χ3v) is 2.38. The Bertz CT molecular complexity index is 342. The number of carbonyl (C=O) groups is 1. The van der Waals surface area contributed by atoms with Crippen LogP contribution >= 0.6 is 11.6 Å². The number of rotatable bonds is 6. The van der Waals surface area contributed by atoms with Crippen molar-refractivity contribution in [3.63, 3.8) is 0 Å². The lowest BCUT2D eigenvalue weighted by Gasteiger charge is -2.07. The van der Waals surface area contributed by atoms with E-state index in [0.29, 0.717) is 24.6 Å². The standard InChI is InChI=1S/C12H16ClNO2/c1-2-16-12(15)8-5-9-14-11-7-4-3-6-10(11)13/h3-4,6-7,14H,2,5,8-9H2,1H3. The zero-order valence-corrected chi connectivity index (χ0v) is 10.1. The maximum atomic E-state index is 11.0. The zero-order valence-electron chi connectivity index (χ0n) is 9.33. The second kappa shape index (κ2) is 7.12. The molecule has 1 N–H and O–H groups in total. The summed E-state index contributed by atoms with van der Waals surface area (Å²) in [5.74, 6) is -0.150. The van der Waals surface area contributed by atoms with Gasteiger partial charge in [-0.3, -0.25) is 4.79 Å². The van der Waals surface area contributed by atoms with Crippen LogP contribution in [0, 0.1) is 0 Å². The molecule has 3 nitrogen and oxygen atoms in total. The molecule has 0 fully saturated rings. The topological polar surface area (TPSA) is 38.3 Å². The van der Waals surface area contributed by atoms with Gasteiger partial charge < -0.3 is 10.1 Å². The molecule has 0 radical (unpaired) electrons. The highest BCUT2D eigenvalue weighted by Crippen LogP contribution is 2.20. The number of anilines is 1. The second-order valence-corrected chi connectivity index (χ2v) is 3.72. The largest absolute Gasteiger partial charge is 0.466 e. The van der Waals surface area contributed by atoms with Gasteiger partial charge in [0, 0.05) is 13.0 Å². The lowest BCUT2D eigenvalue weighted by molar-refractivity contribution is -0.143. The van der Waals surface area contributed by atoms with Crippen molar-refractivity contribution in [3.05, 3.63) is 29.3 Å². The molecule has 88 valence electrons. The fourth-order valence-electron chi connectivity index (χ4n) is 1.29. The van der Waals surface area contributed by atoms with E-state index in [1.54, 1.807) is 6.92 Å². The Hall–Kier alpha value is -1.22. The lowest BCUT2D eigenvalue weighted by Crippen LogP contribution is -2.08. The lowest BCUT2D eigenvalue weighted by atomic mass is 10.3. The van der Waals surface area contributed by atoms with E-state index < -0.39 is 0 Å². The van der Waals surface area contributed by atoms with E-state index in [1.165, 1.54) is 0 Å². The van der Waals surface area contributed by atoms with E-state index in [4.69, 9.17) is 16.3 Å². The third-order valence-electron chi connectivity index (χ3n) is 2.05. The molecule has 0 aliphatic carbocycles. The minimum absolute atomic E-state index is 0.150. The average molecular weight is 242 g/mol. The molecule has 0 heterocycles. The van der Waals surface area contributed by atoms with Crippen molar-refractivity contribution in [2.24, 2.45) is 0 Å². The number of para-hydroxylation sites is 1. The van der Waals surface area contributed by atoms with Gasteiger partial charge in [-0.05, 0) is 25.5 Å². The Morgan fingerprint density at radius 1 is 1.44 bits per heavy atom. The molecule has 0 aromatic heterocycles. The van der Waals surface area contributed by atoms with E-state index in [0.717, 1.165) is 12.1 Å². The van der Waals surface area contributed by atoms with Crippen LogP contribution in [0.15, 0.2) is 24.3 Å². The molecule has 1 aromatic rings. The summed E-state index contributed by atoms with van der Waals surface area (Å²) in [5, 5.41) is 3.86. The smallest absolute Gasteiger partial charge is 0.305 e. The fourth-order valence-corrected chi connectivity index (χ4v) is 1.50. The van der Waals surface area contributed by atoms with Crippen LogP contribution in [-0.4, -0.2) is 19.1 Å². The fraction of sp³-hybridized carbons (Fsp3) is 0.417. The van der Waals surface area contributed by atoms with Crippen molar-refractivity contribution in [2.45, 2.75) is 19.8 Å². The highest BCUT2D eigenvalue weighted by molar-refractivity contribution is 6.33. The van der Waals surface area contributed by atoms with E-state index >= 15 is 0 Å². The van der Waals surface area contributed by atoms with Crippen LogP contribution in [0.5, 0.6) is 0 Å². The summed E-state index contributed by atoms with van der Waals surface area (Å²) in [6.45, 7) is 2.96. The Kier molecular flexibility index (Phi) is 5.72. The molecule has 0 saturated carbocycles. The highest BCUT2D eigenvalue weighted by Gasteiger charge is 2.01. The van der Waals surface area contributed by atoms with Crippen molar-refractivity contribution in [1.29, 1.82) is 0 Å². The van der Waals surface area contributed by atoms with Crippen molar-refractivity contribution in [2.75, 3.05) is 18.5 Å². The minimum atomic E-state index is -0.150. The number of hydrogen-bond donors (Lipinski definition) is 1. The summed E-state index contributed by atoms with van der Waals surface area (Å²) in [6, 6.07) is 7.54. The first-order valence-corrected chi connectivity index (χ1v) is 5.76. The van der Waals surface area contributed by atoms with Gasteiger partial charge in [0.2, 0.25) is 0 Å². The number of nitrogens with one attached hydrogen (secondary N) is 1. The number of halogens is 1. The number of esters is 1. The van der Waals surface area contributed by atoms with Gasteiger partial charge in [0.15, 0.2) is 0 Å². The van der Waals surface area contributed by atoms with Crippen molar-refractivity contribution >= 4 is 23.3 Å². The van der Waals surface area contributed by atoms with Gasteiger partial charge in [-0.2, -0.15) is 0 Å². The van der Waals surface area contributed by atoms with E-state index in [9.17, 15) is 4.79 Å². The average Bonchev–Trinajstić information content (AvgIpc) is 2.27. The third kappa shape index (κ3) is 4.53. The summed E-state index contributed by atoms with van der Waals surface area (Å²) in [7, 11) is 0. The second-order valence-electron chi connectivity index (χ2n) is 3.32. The number of ether oxygens (including phenoxy) is 1. The van der Waals surface area contributed by atoms with Gasteiger partial charge in [0.1, 0.15) is 0 Å². The maximum Gasteiger partial charge on any atom is 0.305 e. The van der Waals surface area contributed by atoms with Gasteiger partial charge in [0.25, 0.3) is 0 Å². The first-order chi connectivity index (χ1) is 7.74. The monoisotopic (exact) mass is 241 g/mol. The SMILES string of the molecule is CCOC(=O)CCCNc1ccccc1Cl. The van der Waals surface area contributed by atoms with E-state index in [2.05, 4.69) is 5.32 Å². The van der Waals surface area contributed by atoms with Crippen molar-refractivity contribution < 1.29 is 9.53 Å². The van der Waals surface area contributed by atoms with Gasteiger partial charge in [-0.1, -0.05) is 23.7 Å². The van der Waals surface area contributed by atoms with Crippen LogP contribution in [0.2, 0.25) is 5.02 Å². The van der Waals surface area contributed by atoms with Crippen LogP contribution in [-0.2, 0) is 9.53 Å². The summed E-state index contributed by atoms with van der Waals surface area (Å²) < 4.78 is 4.83. The van der Waals surface area contributed by atoms with Crippen LogP contribution in [0.3, 0.4) is 0 Å². The summed E-state index contributed by atoms with van der Waals surface area (Å²) >= 11 is 5.96. The van der Waals surface area contributed by atoms with Gasteiger partial charge in [-0.15, -0.1) is 0 Å². The van der Waals surface area contributed by atoms with Gasteiger partial charge in [-0.25, -0.2) is 0 Å². The molecule has 4 heteroatoms. The first-order valence-electron chi connectivity index (χ1n) is 5.38. The molecule has 0 spiro atoms. The molecule has 0 aliphatic heterocycles. The first kappa shape index (κ1) is 12.8. The number of hydrogen-bond acceptors (Lipinski definition) is 3. The zero-order chi connectivity index (χ0) is 11.8. The van der Waals surface area contributed by atoms with Gasteiger partial charge >= 0.3 is 5.97 Å². The predicted molar refractivity (Wildman–Crippen MR) is 65.8 cm³/mol. The molecule has 0 saturated heterocycles. The Morgan fingerprint density at radius 2 is 2.19 bits per heavy atom. The van der Waals surface area contributed by atoms with Crippen LogP contribution in [0.1, 0.15) is 19.8 Å². The molecular weight excluding hydrogens is 226 g/mol. The summed E-state index contributed by atoms with van der Waals surface area (Å²) in [5.41, 5.74) is 0.896. The Labute approximate surface area is 101 Å². The van der Waals surface area contributed by atoms with E-state index in [1.807, 2.05) is 24.3 Å². The number of carbonyl (C=O) groups excluding carboxylic acids is 1. The molecule has 0 atom stereocenters. The molecule has 1 aromatic carbocycles. The van der Waals surface area contributed by atoms with Crippen LogP contribution < -0.4 is 5.32 Å².